The molecule has 1 saturated carbocycles. The molecule has 4 nitrogen and oxygen atoms in total. The van der Waals surface area contributed by atoms with Gasteiger partial charge in [-0.3, -0.25) is 9.78 Å². The van der Waals surface area contributed by atoms with Crippen molar-refractivity contribution >= 4 is 5.91 Å². The number of pyridine rings is 1. The molecule has 1 aromatic heterocycles. The van der Waals surface area contributed by atoms with Crippen LogP contribution < -0.4 is 5.32 Å². The number of nitrogens with zero attached hydrogens (tertiary/aromatic N) is 2. The summed E-state index contributed by atoms with van der Waals surface area (Å²) in [5.41, 5.74) is 3.10. The average molecular weight is 277 g/mol. The minimum absolute atomic E-state index is 0.182. The van der Waals surface area contributed by atoms with Crippen LogP contribution in [0, 0.1) is 11.3 Å². The van der Waals surface area contributed by atoms with Crippen molar-refractivity contribution in [2.24, 2.45) is 0 Å². The Hall–Kier alpha value is -2.67. The minimum Gasteiger partial charge on any atom is -0.348 e. The molecule has 0 bridgehead atoms. The molecule has 1 aliphatic carbocycles. The van der Waals surface area contributed by atoms with Crippen molar-refractivity contribution in [1.82, 2.24) is 10.3 Å². The Labute approximate surface area is 123 Å². The molecule has 0 unspecified atom stereocenters. The summed E-state index contributed by atoms with van der Waals surface area (Å²) < 4.78 is 0. The second-order valence-corrected chi connectivity index (χ2v) is 5.24. The number of nitriles is 1. The smallest absolute Gasteiger partial charge is 0.251 e. The Morgan fingerprint density at radius 3 is 2.86 bits per heavy atom. The summed E-state index contributed by atoms with van der Waals surface area (Å²) >= 11 is 0. The van der Waals surface area contributed by atoms with Gasteiger partial charge in [0, 0.05) is 29.9 Å². The highest BCUT2D eigenvalue weighted by Crippen LogP contribution is 2.38. The zero-order valence-corrected chi connectivity index (χ0v) is 11.5. The van der Waals surface area contributed by atoms with Crippen molar-refractivity contribution in [3.63, 3.8) is 0 Å². The summed E-state index contributed by atoms with van der Waals surface area (Å²) in [5.74, 6) is 0.459. The van der Waals surface area contributed by atoms with Gasteiger partial charge in [-0.15, -0.1) is 0 Å². The molecule has 104 valence electrons. The van der Waals surface area contributed by atoms with Gasteiger partial charge in [0.05, 0.1) is 11.6 Å². The monoisotopic (exact) mass is 277 g/mol. The van der Waals surface area contributed by atoms with Crippen LogP contribution in [0.1, 0.15) is 45.9 Å². The molecule has 0 radical (unpaired) electrons. The fourth-order valence-corrected chi connectivity index (χ4v) is 2.18. The largest absolute Gasteiger partial charge is 0.348 e. The normalized spacial score (nSPS) is 13.5. The van der Waals surface area contributed by atoms with E-state index in [-0.39, 0.29) is 5.91 Å². The second kappa shape index (κ2) is 5.76. The molecule has 0 spiro atoms. The van der Waals surface area contributed by atoms with Gasteiger partial charge in [-0.1, -0.05) is 12.1 Å². The molecule has 1 heterocycles. The zero-order valence-electron chi connectivity index (χ0n) is 11.5. The SMILES string of the molecule is N#Cc1cccc(C(=O)NCc2ccc(C3CC3)nc2)c1. The lowest BCUT2D eigenvalue weighted by atomic mass is 10.1. The third-order valence-electron chi connectivity index (χ3n) is 3.55. The first-order valence-electron chi connectivity index (χ1n) is 6.99. The number of aromatic nitrogens is 1. The van der Waals surface area contributed by atoms with Crippen LogP contribution in [-0.2, 0) is 6.54 Å². The van der Waals surface area contributed by atoms with Crippen LogP contribution >= 0.6 is 0 Å². The first-order valence-corrected chi connectivity index (χ1v) is 6.99. The molecular formula is C17H15N3O. The highest BCUT2D eigenvalue weighted by atomic mass is 16.1. The number of rotatable bonds is 4. The van der Waals surface area contributed by atoms with Gasteiger partial charge in [-0.25, -0.2) is 0 Å². The molecule has 0 saturated heterocycles. The van der Waals surface area contributed by atoms with Gasteiger partial charge in [0.15, 0.2) is 0 Å². The number of hydrogen-bond donors (Lipinski definition) is 1. The summed E-state index contributed by atoms with van der Waals surface area (Å²) in [6.07, 6.45) is 4.29. The fourth-order valence-electron chi connectivity index (χ4n) is 2.18. The van der Waals surface area contributed by atoms with E-state index >= 15 is 0 Å². The number of hydrogen-bond acceptors (Lipinski definition) is 3. The van der Waals surface area contributed by atoms with Gasteiger partial charge >= 0.3 is 0 Å². The lowest BCUT2D eigenvalue weighted by Gasteiger charge is -2.06. The van der Waals surface area contributed by atoms with E-state index in [4.69, 9.17) is 5.26 Å². The maximum absolute atomic E-state index is 12.0. The molecule has 21 heavy (non-hydrogen) atoms. The molecule has 0 atom stereocenters. The van der Waals surface area contributed by atoms with E-state index in [1.807, 2.05) is 24.4 Å². The highest BCUT2D eigenvalue weighted by Gasteiger charge is 2.24. The predicted octanol–water partition coefficient (Wildman–Crippen LogP) is 2.76. The third-order valence-corrected chi connectivity index (χ3v) is 3.55. The molecule has 2 aromatic rings. The molecule has 0 aliphatic heterocycles. The van der Waals surface area contributed by atoms with E-state index in [1.54, 1.807) is 24.3 Å². The van der Waals surface area contributed by atoms with Gasteiger partial charge < -0.3 is 5.32 Å². The number of amides is 1. The lowest BCUT2D eigenvalue weighted by molar-refractivity contribution is 0.0951. The zero-order chi connectivity index (χ0) is 14.7. The van der Waals surface area contributed by atoms with Gasteiger partial charge in [-0.05, 0) is 42.7 Å². The predicted molar refractivity (Wildman–Crippen MR) is 78.5 cm³/mol. The van der Waals surface area contributed by atoms with E-state index in [0.717, 1.165) is 11.3 Å². The van der Waals surface area contributed by atoms with Crippen LogP contribution in [0.25, 0.3) is 0 Å². The third kappa shape index (κ3) is 3.26. The Balaban J connectivity index is 1.61. The minimum atomic E-state index is -0.182. The molecule has 1 aromatic carbocycles. The van der Waals surface area contributed by atoms with Crippen LogP contribution in [0.3, 0.4) is 0 Å². The Kier molecular flexibility index (Phi) is 3.65. The molecule has 4 heteroatoms. The van der Waals surface area contributed by atoms with E-state index in [9.17, 15) is 4.79 Å². The molecule has 1 N–H and O–H groups in total. The first-order chi connectivity index (χ1) is 10.3. The molecule has 1 aliphatic rings. The van der Waals surface area contributed by atoms with Gasteiger partial charge in [0.25, 0.3) is 5.91 Å². The maximum Gasteiger partial charge on any atom is 0.251 e. The van der Waals surface area contributed by atoms with E-state index in [0.29, 0.717) is 23.6 Å². The summed E-state index contributed by atoms with van der Waals surface area (Å²) in [7, 11) is 0. The average Bonchev–Trinajstić information content (AvgIpc) is 3.38. The first kappa shape index (κ1) is 13.3. The van der Waals surface area contributed by atoms with E-state index in [1.165, 1.54) is 12.8 Å². The number of carbonyl (C=O) groups excluding carboxylic acids is 1. The quantitative estimate of drug-likeness (QED) is 0.934. The van der Waals surface area contributed by atoms with Crippen LogP contribution in [0.5, 0.6) is 0 Å². The Morgan fingerprint density at radius 2 is 2.19 bits per heavy atom. The van der Waals surface area contributed by atoms with Gasteiger partial charge in [0.2, 0.25) is 0 Å². The number of carbonyl (C=O) groups is 1. The van der Waals surface area contributed by atoms with E-state index in [2.05, 4.69) is 10.3 Å². The molecule has 3 rings (SSSR count). The lowest BCUT2D eigenvalue weighted by Crippen LogP contribution is -2.22. The second-order valence-electron chi connectivity index (χ2n) is 5.24. The highest BCUT2D eigenvalue weighted by molar-refractivity contribution is 5.94. The maximum atomic E-state index is 12.0. The molecule has 1 fully saturated rings. The van der Waals surface area contributed by atoms with Crippen LogP contribution in [-0.4, -0.2) is 10.9 Å². The Morgan fingerprint density at radius 1 is 1.33 bits per heavy atom. The van der Waals surface area contributed by atoms with Crippen molar-refractivity contribution in [2.45, 2.75) is 25.3 Å². The summed E-state index contributed by atoms with van der Waals surface area (Å²) in [6, 6.07) is 12.7. The summed E-state index contributed by atoms with van der Waals surface area (Å²) in [4.78, 5) is 16.5. The van der Waals surface area contributed by atoms with E-state index < -0.39 is 0 Å². The van der Waals surface area contributed by atoms with Crippen LogP contribution in [0.2, 0.25) is 0 Å². The number of nitrogens with one attached hydrogen (secondary N) is 1. The van der Waals surface area contributed by atoms with Gasteiger partial charge in [-0.2, -0.15) is 5.26 Å². The van der Waals surface area contributed by atoms with Crippen molar-refractivity contribution in [3.05, 3.63) is 65.0 Å². The van der Waals surface area contributed by atoms with Crippen molar-refractivity contribution in [3.8, 4) is 6.07 Å². The topological polar surface area (TPSA) is 65.8 Å². The van der Waals surface area contributed by atoms with Crippen molar-refractivity contribution in [2.75, 3.05) is 0 Å². The van der Waals surface area contributed by atoms with Crippen molar-refractivity contribution in [1.29, 1.82) is 5.26 Å². The van der Waals surface area contributed by atoms with Crippen LogP contribution in [0.15, 0.2) is 42.6 Å². The van der Waals surface area contributed by atoms with Crippen molar-refractivity contribution < 1.29 is 4.79 Å². The fraction of sp³-hybridized carbons (Fsp3) is 0.235. The molecule has 1 amide bonds. The summed E-state index contributed by atoms with van der Waals surface area (Å²) in [5, 5.41) is 11.7. The standard InChI is InChI=1S/C17H15N3O/c18-9-12-2-1-3-15(8-12)17(21)20-11-13-4-7-16(19-10-13)14-5-6-14/h1-4,7-8,10,14H,5-6,11H2,(H,20,21). The van der Waals surface area contributed by atoms with Gasteiger partial charge in [0.1, 0.15) is 0 Å². The summed E-state index contributed by atoms with van der Waals surface area (Å²) in [6.45, 7) is 0.438. The van der Waals surface area contributed by atoms with Crippen LogP contribution in [0.4, 0.5) is 0 Å². The Bertz CT molecular complexity index is 697. The molecular weight excluding hydrogens is 262 g/mol. The number of benzene rings is 1.